The van der Waals surface area contributed by atoms with Gasteiger partial charge in [0.05, 0.1) is 0 Å². The molecule has 0 heterocycles. The van der Waals surface area contributed by atoms with Gasteiger partial charge < -0.3 is 10.4 Å². The summed E-state index contributed by atoms with van der Waals surface area (Å²) in [4.78, 5) is 21.4. The van der Waals surface area contributed by atoms with Crippen molar-refractivity contribution in [1.29, 1.82) is 0 Å². The van der Waals surface area contributed by atoms with Gasteiger partial charge in [0.1, 0.15) is 5.78 Å². The number of carboxylic acid groups (broad SMARTS) is 1. The smallest absolute Gasteiger partial charge is 0.404 e. The van der Waals surface area contributed by atoms with Gasteiger partial charge in [0.25, 0.3) is 0 Å². The topological polar surface area (TPSA) is 66.4 Å². The first-order valence-corrected chi connectivity index (χ1v) is 4.66. The molecule has 0 aliphatic heterocycles. The van der Waals surface area contributed by atoms with Gasteiger partial charge in [-0.25, -0.2) is 4.79 Å². The van der Waals surface area contributed by atoms with Crippen LogP contribution in [0.25, 0.3) is 0 Å². The minimum Gasteiger partial charge on any atom is -0.465 e. The van der Waals surface area contributed by atoms with Gasteiger partial charge in [-0.15, -0.1) is 0 Å². The third-order valence-corrected chi connectivity index (χ3v) is 3.15. The molecule has 3 atom stereocenters. The van der Waals surface area contributed by atoms with Gasteiger partial charge in [-0.2, -0.15) is 0 Å². The zero-order valence-electron chi connectivity index (χ0n) is 7.32. The predicted molar refractivity (Wildman–Crippen MR) is 45.4 cm³/mol. The number of fused-ring (bicyclic) bond motifs is 1. The Morgan fingerprint density at radius 3 is 2.31 bits per heavy atom. The van der Waals surface area contributed by atoms with Crippen LogP contribution in [0.5, 0.6) is 0 Å². The fourth-order valence-electron chi connectivity index (χ4n) is 2.67. The minimum atomic E-state index is -0.948. The first kappa shape index (κ1) is 8.53. The number of hydrogen-bond acceptors (Lipinski definition) is 2. The van der Waals surface area contributed by atoms with Crippen LogP contribution < -0.4 is 5.32 Å². The molecule has 1 unspecified atom stereocenters. The molecule has 13 heavy (non-hydrogen) atoms. The van der Waals surface area contributed by atoms with Gasteiger partial charge in [0.15, 0.2) is 0 Å². The Morgan fingerprint density at radius 2 is 1.85 bits per heavy atom. The molecule has 2 N–H and O–H groups in total. The molecule has 72 valence electrons. The summed E-state index contributed by atoms with van der Waals surface area (Å²) in [6, 6.07) is 0.0839. The number of carbonyl (C=O) groups is 2. The molecule has 0 saturated heterocycles. The molecule has 4 nitrogen and oxygen atoms in total. The van der Waals surface area contributed by atoms with Crippen molar-refractivity contribution >= 4 is 11.9 Å². The van der Waals surface area contributed by atoms with Crippen molar-refractivity contribution < 1.29 is 14.7 Å². The van der Waals surface area contributed by atoms with E-state index < -0.39 is 6.09 Å². The molecule has 2 saturated carbocycles. The van der Waals surface area contributed by atoms with Crippen LogP contribution in [0, 0.1) is 11.8 Å². The summed E-state index contributed by atoms with van der Waals surface area (Å²) in [5, 5.41) is 11.0. The van der Waals surface area contributed by atoms with Crippen LogP contribution in [0.1, 0.15) is 25.7 Å². The molecule has 0 aromatic rings. The van der Waals surface area contributed by atoms with Gasteiger partial charge in [-0.3, -0.25) is 4.79 Å². The maximum atomic E-state index is 11.0. The maximum Gasteiger partial charge on any atom is 0.404 e. The van der Waals surface area contributed by atoms with Gasteiger partial charge in [0, 0.05) is 18.9 Å². The molecule has 0 bridgehead atoms. The van der Waals surface area contributed by atoms with E-state index in [0.717, 1.165) is 12.8 Å². The average Bonchev–Trinajstić information content (AvgIpc) is 2.41. The highest BCUT2D eigenvalue weighted by Crippen LogP contribution is 2.42. The van der Waals surface area contributed by atoms with E-state index in [1.807, 2.05) is 0 Å². The maximum absolute atomic E-state index is 11.0. The van der Waals surface area contributed by atoms with Gasteiger partial charge in [-0.05, 0) is 24.7 Å². The Morgan fingerprint density at radius 1 is 1.31 bits per heavy atom. The van der Waals surface area contributed by atoms with Crippen molar-refractivity contribution in [2.45, 2.75) is 31.7 Å². The Hall–Kier alpha value is -1.06. The summed E-state index contributed by atoms with van der Waals surface area (Å²) < 4.78 is 0. The normalized spacial score (nSPS) is 37.5. The van der Waals surface area contributed by atoms with E-state index in [0.29, 0.717) is 30.5 Å². The van der Waals surface area contributed by atoms with Crippen LogP contribution >= 0.6 is 0 Å². The lowest BCUT2D eigenvalue weighted by atomic mass is 10.0. The van der Waals surface area contributed by atoms with E-state index in [1.165, 1.54) is 0 Å². The van der Waals surface area contributed by atoms with Crippen molar-refractivity contribution in [2.75, 3.05) is 0 Å². The number of hydrogen-bond donors (Lipinski definition) is 2. The number of carbonyl (C=O) groups excluding carboxylic acids is 1. The van der Waals surface area contributed by atoms with Crippen LogP contribution in [0.15, 0.2) is 0 Å². The van der Waals surface area contributed by atoms with Crippen LogP contribution in [-0.2, 0) is 4.79 Å². The van der Waals surface area contributed by atoms with E-state index in [2.05, 4.69) is 5.32 Å². The quantitative estimate of drug-likeness (QED) is 0.637. The van der Waals surface area contributed by atoms with Gasteiger partial charge in [-0.1, -0.05) is 0 Å². The number of amides is 1. The minimum absolute atomic E-state index is 0.0839. The molecule has 0 spiro atoms. The molecule has 0 aromatic carbocycles. The number of Topliss-reactive ketones (excluding diaryl/α,β-unsaturated/α-hetero) is 1. The fraction of sp³-hybridized carbons (Fsp3) is 0.778. The molecule has 2 rings (SSSR count). The average molecular weight is 183 g/mol. The van der Waals surface area contributed by atoms with Crippen molar-refractivity contribution in [1.82, 2.24) is 5.32 Å². The lowest BCUT2D eigenvalue weighted by Crippen LogP contribution is -2.31. The van der Waals surface area contributed by atoms with Crippen LogP contribution in [-0.4, -0.2) is 23.0 Å². The predicted octanol–water partition coefficient (Wildman–Crippen LogP) is 1.01. The van der Waals surface area contributed by atoms with E-state index in [9.17, 15) is 9.59 Å². The molecular formula is C9H13NO3. The highest BCUT2D eigenvalue weighted by atomic mass is 16.4. The Kier molecular flexibility index (Phi) is 1.98. The summed E-state index contributed by atoms with van der Waals surface area (Å²) in [6.45, 7) is 0. The second-order valence-electron chi connectivity index (χ2n) is 4.08. The van der Waals surface area contributed by atoms with Crippen LogP contribution in [0.3, 0.4) is 0 Å². The molecular weight excluding hydrogens is 170 g/mol. The number of nitrogens with one attached hydrogen (secondary N) is 1. The monoisotopic (exact) mass is 183 g/mol. The van der Waals surface area contributed by atoms with Crippen molar-refractivity contribution in [3.63, 3.8) is 0 Å². The first-order valence-electron chi connectivity index (χ1n) is 4.66. The standard InChI is InChI=1S/C9H13NO3/c11-8-3-5-1-7(10-9(12)13)2-6(5)4-8/h5-7,10H,1-4H2,(H,12,13)/t5-,6+,7?. The van der Waals surface area contributed by atoms with E-state index >= 15 is 0 Å². The van der Waals surface area contributed by atoms with Gasteiger partial charge in [0.2, 0.25) is 0 Å². The molecule has 0 aromatic heterocycles. The SMILES string of the molecule is O=C1C[C@@H]2CC(NC(=O)O)C[C@@H]2C1. The Labute approximate surface area is 76.3 Å². The van der Waals surface area contributed by atoms with Crippen LogP contribution in [0.4, 0.5) is 4.79 Å². The summed E-state index contributed by atoms with van der Waals surface area (Å²) in [5.74, 6) is 1.25. The molecule has 0 radical (unpaired) electrons. The van der Waals surface area contributed by atoms with Gasteiger partial charge >= 0.3 is 6.09 Å². The number of rotatable bonds is 1. The summed E-state index contributed by atoms with van der Waals surface area (Å²) in [6.07, 6.45) is 2.09. The number of ketones is 1. The summed E-state index contributed by atoms with van der Waals surface area (Å²) in [5.41, 5.74) is 0. The van der Waals surface area contributed by atoms with E-state index in [-0.39, 0.29) is 6.04 Å². The zero-order chi connectivity index (χ0) is 9.42. The zero-order valence-corrected chi connectivity index (χ0v) is 7.32. The third kappa shape index (κ3) is 1.66. The van der Waals surface area contributed by atoms with E-state index in [4.69, 9.17) is 5.11 Å². The molecule has 2 aliphatic rings. The lowest BCUT2D eigenvalue weighted by molar-refractivity contribution is -0.117. The summed E-state index contributed by atoms with van der Waals surface area (Å²) in [7, 11) is 0. The van der Waals surface area contributed by atoms with E-state index in [1.54, 1.807) is 0 Å². The second kappa shape index (κ2) is 3.01. The second-order valence-corrected chi connectivity index (χ2v) is 4.08. The van der Waals surface area contributed by atoms with Crippen LogP contribution in [0.2, 0.25) is 0 Å². The lowest BCUT2D eigenvalue weighted by Gasteiger charge is -2.09. The third-order valence-electron chi connectivity index (χ3n) is 3.15. The Bertz CT molecular complexity index is 235. The first-order chi connectivity index (χ1) is 6.15. The molecule has 2 aliphatic carbocycles. The molecule has 2 fully saturated rings. The largest absolute Gasteiger partial charge is 0.465 e. The fourth-order valence-corrected chi connectivity index (χ4v) is 2.67. The highest BCUT2D eigenvalue weighted by Gasteiger charge is 2.41. The molecule has 1 amide bonds. The van der Waals surface area contributed by atoms with Crippen molar-refractivity contribution in [3.8, 4) is 0 Å². The molecule has 4 heteroatoms. The van der Waals surface area contributed by atoms with Crippen molar-refractivity contribution in [3.05, 3.63) is 0 Å². The van der Waals surface area contributed by atoms with Crippen molar-refractivity contribution in [2.24, 2.45) is 11.8 Å². The summed E-state index contributed by atoms with van der Waals surface area (Å²) >= 11 is 0. The highest BCUT2D eigenvalue weighted by molar-refractivity contribution is 5.81. The Balaban J connectivity index is 1.90.